The van der Waals surface area contributed by atoms with Gasteiger partial charge in [0, 0.05) is 31.5 Å². The number of anilines is 2. The molecule has 8 heteroatoms. The zero-order valence-electron chi connectivity index (χ0n) is 21.1. The highest BCUT2D eigenvalue weighted by Gasteiger charge is 2.57. The maximum atomic E-state index is 14.4. The van der Waals surface area contributed by atoms with Crippen molar-refractivity contribution in [2.75, 3.05) is 10.2 Å². The van der Waals surface area contributed by atoms with E-state index in [4.69, 9.17) is 0 Å². The summed E-state index contributed by atoms with van der Waals surface area (Å²) in [6.07, 6.45) is 9.71. The fourth-order valence-corrected chi connectivity index (χ4v) is 7.72. The molecule has 1 aromatic heterocycles. The fourth-order valence-electron chi connectivity index (χ4n) is 7.72. The molecule has 1 atom stereocenters. The maximum absolute atomic E-state index is 14.4. The van der Waals surface area contributed by atoms with Crippen molar-refractivity contribution in [3.8, 4) is 0 Å². The van der Waals surface area contributed by atoms with Crippen LogP contribution in [0.1, 0.15) is 57.4 Å². The van der Waals surface area contributed by atoms with E-state index in [0.717, 1.165) is 24.8 Å². The van der Waals surface area contributed by atoms with E-state index in [1.165, 1.54) is 31.1 Å². The van der Waals surface area contributed by atoms with Gasteiger partial charge >= 0.3 is 0 Å². The Morgan fingerprint density at radius 3 is 2.24 bits per heavy atom. The number of nitrogens with zero attached hydrogens (tertiary/aromatic N) is 3. The number of hydrogen-bond donors (Lipinski definition) is 1. The van der Waals surface area contributed by atoms with Crippen LogP contribution in [0.5, 0.6) is 0 Å². The highest BCUT2D eigenvalue weighted by Crippen LogP contribution is 2.60. The monoisotopic (exact) mass is 500 g/mol. The van der Waals surface area contributed by atoms with Crippen LogP contribution in [0.3, 0.4) is 0 Å². The van der Waals surface area contributed by atoms with E-state index in [9.17, 15) is 19.2 Å². The molecule has 2 heterocycles. The van der Waals surface area contributed by atoms with E-state index >= 15 is 0 Å². The fraction of sp³-hybridized carbons (Fsp3) is 0.483. The number of pyridine rings is 1. The number of rotatable bonds is 6. The lowest BCUT2D eigenvalue weighted by Gasteiger charge is -2.56. The summed E-state index contributed by atoms with van der Waals surface area (Å²) in [4.78, 5) is 59.8. The number of imide groups is 1. The van der Waals surface area contributed by atoms with E-state index in [2.05, 4.69) is 10.3 Å². The summed E-state index contributed by atoms with van der Waals surface area (Å²) in [6.45, 7) is 1.68. The Hall–Kier alpha value is -3.55. The lowest BCUT2D eigenvalue weighted by molar-refractivity contribution is -0.162. The van der Waals surface area contributed by atoms with Crippen molar-refractivity contribution in [3.05, 3.63) is 54.4 Å². The summed E-state index contributed by atoms with van der Waals surface area (Å²) in [5.41, 5.74) is 1.45. The van der Waals surface area contributed by atoms with Gasteiger partial charge in [0.05, 0.1) is 17.5 Å². The van der Waals surface area contributed by atoms with Crippen LogP contribution in [-0.2, 0) is 25.7 Å². The van der Waals surface area contributed by atoms with E-state index in [1.54, 1.807) is 41.6 Å². The molecular weight excluding hydrogens is 468 g/mol. The van der Waals surface area contributed by atoms with E-state index < -0.39 is 11.5 Å². The first-order valence-electron chi connectivity index (χ1n) is 13.3. The van der Waals surface area contributed by atoms with E-state index in [1.807, 2.05) is 12.1 Å². The molecule has 0 radical (unpaired) electrons. The standard InChI is InChI=1S/C29H32N4O4/c1-18(34)31-23-4-6-24(7-5-23)33-26(35)12-25(27(33)36)32(17-19-3-2-8-30-16-19)28(37)29-13-20-9-21(14-29)11-22(10-20)15-29/h2-8,16,20-22,25H,9-15,17H2,1H3,(H,31,34). The second kappa shape index (κ2) is 9.08. The third kappa shape index (κ3) is 4.32. The minimum absolute atomic E-state index is 0.0319. The van der Waals surface area contributed by atoms with Crippen molar-refractivity contribution < 1.29 is 19.2 Å². The third-order valence-corrected chi connectivity index (χ3v) is 8.77. The van der Waals surface area contributed by atoms with Gasteiger partial charge in [0.15, 0.2) is 0 Å². The number of aromatic nitrogens is 1. The molecule has 4 aliphatic carbocycles. The lowest BCUT2D eigenvalue weighted by atomic mass is 9.49. The molecule has 37 heavy (non-hydrogen) atoms. The summed E-state index contributed by atoms with van der Waals surface area (Å²) in [7, 11) is 0. The highest BCUT2D eigenvalue weighted by molar-refractivity contribution is 6.23. The molecule has 1 aromatic carbocycles. The van der Waals surface area contributed by atoms with Crippen molar-refractivity contribution in [1.82, 2.24) is 9.88 Å². The summed E-state index contributed by atoms with van der Waals surface area (Å²) >= 11 is 0. The number of amides is 4. The van der Waals surface area contributed by atoms with Crippen LogP contribution in [0.15, 0.2) is 48.8 Å². The van der Waals surface area contributed by atoms with Gasteiger partial charge in [0.25, 0.3) is 5.91 Å². The van der Waals surface area contributed by atoms with Crippen molar-refractivity contribution in [2.24, 2.45) is 23.2 Å². The molecule has 4 saturated carbocycles. The first kappa shape index (κ1) is 23.8. The number of benzene rings is 1. The SMILES string of the molecule is CC(=O)Nc1ccc(N2C(=O)CC(N(Cc3cccnc3)C(=O)C34CC5CC(CC(C5)C3)C4)C2=O)cc1. The highest BCUT2D eigenvalue weighted by atomic mass is 16.2. The first-order valence-corrected chi connectivity index (χ1v) is 13.3. The third-order valence-electron chi connectivity index (χ3n) is 8.77. The molecule has 4 amide bonds. The molecular formula is C29H32N4O4. The van der Waals surface area contributed by atoms with Crippen molar-refractivity contribution in [1.29, 1.82) is 0 Å². The van der Waals surface area contributed by atoms with Crippen LogP contribution in [0, 0.1) is 23.2 Å². The molecule has 0 spiro atoms. The van der Waals surface area contributed by atoms with Crippen molar-refractivity contribution >= 4 is 35.0 Å². The Morgan fingerprint density at radius 1 is 1.03 bits per heavy atom. The minimum Gasteiger partial charge on any atom is -0.326 e. The second-order valence-corrected chi connectivity index (χ2v) is 11.5. The van der Waals surface area contributed by atoms with Gasteiger partial charge in [-0.05, 0) is 92.2 Å². The average Bonchev–Trinajstić information content (AvgIpc) is 3.15. The zero-order chi connectivity index (χ0) is 25.7. The molecule has 7 rings (SSSR count). The summed E-state index contributed by atoms with van der Waals surface area (Å²) in [6, 6.07) is 9.52. The van der Waals surface area contributed by atoms with Gasteiger partial charge in [-0.1, -0.05) is 6.07 Å². The van der Waals surface area contributed by atoms with Crippen LogP contribution in [0.25, 0.3) is 0 Å². The Labute approximate surface area is 216 Å². The Kier molecular flexibility index (Phi) is 5.85. The summed E-state index contributed by atoms with van der Waals surface area (Å²) in [5.74, 6) is 0.913. The Bertz CT molecular complexity index is 1210. The topological polar surface area (TPSA) is 99.7 Å². The molecule has 1 aliphatic heterocycles. The Morgan fingerprint density at radius 2 is 1.68 bits per heavy atom. The predicted octanol–water partition coefficient (Wildman–Crippen LogP) is 3.92. The number of carbonyl (C=O) groups is 4. The quantitative estimate of drug-likeness (QED) is 0.606. The van der Waals surface area contributed by atoms with Crippen molar-refractivity contribution in [2.45, 2.75) is 64.5 Å². The maximum Gasteiger partial charge on any atom is 0.257 e. The van der Waals surface area contributed by atoms with Gasteiger partial charge in [-0.3, -0.25) is 24.2 Å². The van der Waals surface area contributed by atoms with E-state index in [-0.39, 0.29) is 36.6 Å². The Balaban J connectivity index is 1.30. The van der Waals surface area contributed by atoms with Gasteiger partial charge in [0.1, 0.15) is 6.04 Å². The lowest BCUT2D eigenvalue weighted by Crippen LogP contribution is -2.57. The number of hydrogen-bond acceptors (Lipinski definition) is 5. The average molecular weight is 501 g/mol. The van der Waals surface area contributed by atoms with Crippen LogP contribution < -0.4 is 10.2 Å². The summed E-state index contributed by atoms with van der Waals surface area (Å²) < 4.78 is 0. The molecule has 1 saturated heterocycles. The first-order chi connectivity index (χ1) is 17.8. The van der Waals surface area contributed by atoms with Crippen LogP contribution in [0.2, 0.25) is 0 Å². The van der Waals surface area contributed by atoms with Gasteiger partial charge in [-0.25, -0.2) is 4.90 Å². The number of nitrogens with one attached hydrogen (secondary N) is 1. The molecule has 1 N–H and O–H groups in total. The van der Waals surface area contributed by atoms with E-state index in [0.29, 0.717) is 29.1 Å². The number of carbonyl (C=O) groups excluding carboxylic acids is 4. The molecule has 2 aromatic rings. The molecule has 8 nitrogen and oxygen atoms in total. The second-order valence-electron chi connectivity index (χ2n) is 11.5. The predicted molar refractivity (Wildman–Crippen MR) is 137 cm³/mol. The van der Waals surface area contributed by atoms with Crippen LogP contribution in [0.4, 0.5) is 11.4 Å². The van der Waals surface area contributed by atoms with Crippen molar-refractivity contribution in [3.63, 3.8) is 0 Å². The summed E-state index contributed by atoms with van der Waals surface area (Å²) in [5, 5.41) is 2.69. The molecule has 192 valence electrons. The molecule has 4 bridgehead atoms. The van der Waals surface area contributed by atoms with Gasteiger partial charge in [-0.2, -0.15) is 0 Å². The molecule has 5 aliphatic rings. The van der Waals surface area contributed by atoms with Crippen LogP contribution in [-0.4, -0.2) is 39.6 Å². The normalized spacial score (nSPS) is 30.0. The largest absolute Gasteiger partial charge is 0.326 e. The van der Waals surface area contributed by atoms with Gasteiger partial charge in [0.2, 0.25) is 17.7 Å². The molecule has 1 unspecified atom stereocenters. The zero-order valence-corrected chi connectivity index (χ0v) is 21.1. The minimum atomic E-state index is -0.844. The van der Waals surface area contributed by atoms with Gasteiger partial charge < -0.3 is 10.2 Å². The smallest absolute Gasteiger partial charge is 0.257 e. The van der Waals surface area contributed by atoms with Crippen LogP contribution >= 0.6 is 0 Å². The molecule has 5 fully saturated rings. The van der Waals surface area contributed by atoms with Gasteiger partial charge in [-0.15, -0.1) is 0 Å².